The molecular weight excluding hydrogens is 215 g/mol. The van der Waals surface area contributed by atoms with Crippen molar-refractivity contribution in [3.8, 4) is 0 Å². The van der Waals surface area contributed by atoms with Gasteiger partial charge in [0.2, 0.25) is 0 Å². The van der Waals surface area contributed by atoms with Crippen molar-refractivity contribution in [2.45, 2.75) is 45.4 Å². The molecule has 6 nitrogen and oxygen atoms in total. The Morgan fingerprint density at radius 3 is 1.67 bits per heavy atom. The van der Waals surface area contributed by atoms with Gasteiger partial charge in [-0.15, -0.1) is 0 Å². The topological polar surface area (TPSA) is 166 Å². The summed E-state index contributed by atoms with van der Waals surface area (Å²) in [6.45, 7) is 2.14. The summed E-state index contributed by atoms with van der Waals surface area (Å²) in [4.78, 5) is 9.92. The van der Waals surface area contributed by atoms with Crippen LogP contribution in [0.4, 0.5) is 0 Å². The maximum absolute atomic E-state index is 9.92. The first kappa shape index (κ1) is 36.2. The van der Waals surface area contributed by atoms with Gasteiger partial charge >= 0.3 is 29.6 Å². The molecule has 0 saturated carbocycles. The zero-order valence-corrected chi connectivity index (χ0v) is 11.6. The molecule has 0 fully saturated rings. The van der Waals surface area contributed by atoms with Crippen LogP contribution in [0.15, 0.2) is 0 Å². The summed E-state index contributed by atoms with van der Waals surface area (Å²) in [7, 11) is 0. The van der Waals surface area contributed by atoms with Crippen LogP contribution in [0, 0.1) is 0 Å². The minimum Gasteiger partial charge on any atom is -0.550 e. The minimum atomic E-state index is -0.920. The number of carbonyl (C=O) groups is 1. The standard InChI is InChI=1S/C8H16O2.Na.4H2O/c1-2-3-4-5-6-7-8(9)10;;;;;/h2-7H2,1H3,(H,9,10);;4*1H2/q;+1;;;;/p-1. The Balaban J connectivity index is -0.0000000405. The average Bonchev–Trinajstić information content (AvgIpc) is 1.87. The Bertz CT molecular complexity index is 101. The molecule has 0 radical (unpaired) electrons. The van der Waals surface area contributed by atoms with E-state index >= 15 is 0 Å². The van der Waals surface area contributed by atoms with Crippen LogP contribution in [0.2, 0.25) is 0 Å². The first-order valence-electron chi connectivity index (χ1n) is 3.97. The zero-order valence-electron chi connectivity index (χ0n) is 9.56. The van der Waals surface area contributed by atoms with Gasteiger partial charge < -0.3 is 31.8 Å². The SMILES string of the molecule is CCCCCCCC(=O)[O-].O.O.O.O.[Na+]. The second-order valence-corrected chi connectivity index (χ2v) is 2.54. The van der Waals surface area contributed by atoms with Crippen molar-refractivity contribution in [3.63, 3.8) is 0 Å². The molecule has 0 bridgehead atoms. The molecule has 8 N–H and O–H groups in total. The normalized spacial score (nSPS) is 6.47. The van der Waals surface area contributed by atoms with Gasteiger partial charge in [-0.25, -0.2) is 0 Å². The van der Waals surface area contributed by atoms with E-state index in [1.54, 1.807) is 0 Å². The van der Waals surface area contributed by atoms with Gasteiger partial charge in [0.25, 0.3) is 0 Å². The molecule has 0 aromatic heterocycles. The van der Waals surface area contributed by atoms with Crippen LogP contribution in [0.5, 0.6) is 0 Å². The molecule has 0 aliphatic carbocycles. The van der Waals surface area contributed by atoms with Gasteiger partial charge in [-0.2, -0.15) is 0 Å². The largest absolute Gasteiger partial charge is 1.00 e. The van der Waals surface area contributed by atoms with E-state index < -0.39 is 5.97 Å². The van der Waals surface area contributed by atoms with E-state index in [4.69, 9.17) is 0 Å². The second kappa shape index (κ2) is 29.2. The van der Waals surface area contributed by atoms with Crippen molar-refractivity contribution in [1.82, 2.24) is 0 Å². The van der Waals surface area contributed by atoms with Gasteiger partial charge in [0.15, 0.2) is 0 Å². The summed E-state index contributed by atoms with van der Waals surface area (Å²) in [6.07, 6.45) is 5.61. The van der Waals surface area contributed by atoms with E-state index in [-0.39, 0.29) is 57.9 Å². The van der Waals surface area contributed by atoms with E-state index in [0.29, 0.717) is 0 Å². The molecule has 0 aromatic rings. The van der Waals surface area contributed by atoms with Crippen LogP contribution in [-0.2, 0) is 4.79 Å². The number of hydrogen-bond donors (Lipinski definition) is 0. The number of carbonyl (C=O) groups excluding carboxylic acids is 1. The Kier molecular flexibility index (Phi) is 70.5. The van der Waals surface area contributed by atoms with Crippen molar-refractivity contribution in [2.75, 3.05) is 0 Å². The van der Waals surface area contributed by atoms with Crippen molar-refractivity contribution in [3.05, 3.63) is 0 Å². The smallest absolute Gasteiger partial charge is 0.550 e. The molecule has 0 aromatic carbocycles. The summed E-state index contributed by atoms with van der Waals surface area (Å²) >= 11 is 0. The van der Waals surface area contributed by atoms with Crippen LogP contribution in [0.3, 0.4) is 0 Å². The van der Waals surface area contributed by atoms with E-state index in [9.17, 15) is 9.90 Å². The summed E-state index contributed by atoms with van der Waals surface area (Å²) in [5, 5.41) is 9.92. The minimum absolute atomic E-state index is 0. The van der Waals surface area contributed by atoms with Gasteiger partial charge in [0.1, 0.15) is 0 Å². The predicted molar refractivity (Wildman–Crippen MR) is 52.8 cm³/mol. The first-order valence-corrected chi connectivity index (χ1v) is 3.97. The summed E-state index contributed by atoms with van der Waals surface area (Å²) in [6, 6.07) is 0. The van der Waals surface area contributed by atoms with Crippen LogP contribution >= 0.6 is 0 Å². The third-order valence-corrected chi connectivity index (χ3v) is 1.48. The van der Waals surface area contributed by atoms with Crippen molar-refractivity contribution in [1.29, 1.82) is 0 Å². The summed E-state index contributed by atoms with van der Waals surface area (Å²) < 4.78 is 0. The average molecular weight is 238 g/mol. The van der Waals surface area contributed by atoms with E-state index in [1.807, 2.05) is 0 Å². The third kappa shape index (κ3) is 40.6. The van der Waals surface area contributed by atoms with Crippen LogP contribution in [0.1, 0.15) is 45.4 Å². The number of hydrogen-bond acceptors (Lipinski definition) is 2. The molecule has 0 spiro atoms. The molecule has 0 amide bonds. The van der Waals surface area contributed by atoms with E-state index in [0.717, 1.165) is 19.3 Å². The van der Waals surface area contributed by atoms with E-state index in [2.05, 4.69) is 6.92 Å². The van der Waals surface area contributed by atoms with Crippen LogP contribution < -0.4 is 34.7 Å². The monoisotopic (exact) mass is 238 g/mol. The molecule has 0 unspecified atom stereocenters. The van der Waals surface area contributed by atoms with Crippen LogP contribution in [-0.4, -0.2) is 27.9 Å². The fourth-order valence-electron chi connectivity index (χ4n) is 0.873. The van der Waals surface area contributed by atoms with E-state index in [1.165, 1.54) is 12.8 Å². The number of unbranched alkanes of at least 4 members (excludes halogenated alkanes) is 4. The fraction of sp³-hybridized carbons (Fsp3) is 0.875. The zero-order chi connectivity index (χ0) is 7.82. The molecule has 0 atom stereocenters. The quantitative estimate of drug-likeness (QED) is 0.333. The van der Waals surface area contributed by atoms with Crippen LogP contribution in [0.25, 0.3) is 0 Å². The number of carboxylic acid groups (broad SMARTS) is 1. The maximum Gasteiger partial charge on any atom is 1.00 e. The molecule has 0 heterocycles. The second-order valence-electron chi connectivity index (χ2n) is 2.54. The van der Waals surface area contributed by atoms with Gasteiger partial charge in [-0.05, 0) is 12.8 Å². The molecule has 0 rings (SSSR count). The molecule has 0 aliphatic heterocycles. The molecule has 0 saturated heterocycles. The summed E-state index contributed by atoms with van der Waals surface area (Å²) in [5.74, 6) is -0.920. The fourth-order valence-corrected chi connectivity index (χ4v) is 0.873. The Morgan fingerprint density at radius 1 is 0.933 bits per heavy atom. The molecular formula is C8H23NaO6. The van der Waals surface area contributed by atoms with Crippen molar-refractivity contribution < 1.29 is 61.4 Å². The summed E-state index contributed by atoms with van der Waals surface area (Å²) in [5.41, 5.74) is 0. The number of rotatable bonds is 6. The maximum atomic E-state index is 9.92. The first-order chi connectivity index (χ1) is 4.77. The Hall–Kier alpha value is 0.310. The third-order valence-electron chi connectivity index (χ3n) is 1.48. The Labute approximate surface area is 113 Å². The molecule has 7 heteroatoms. The molecule has 92 valence electrons. The van der Waals surface area contributed by atoms with Gasteiger partial charge in [0.05, 0.1) is 0 Å². The predicted octanol–water partition coefficient (Wildman–Crippen LogP) is -5.20. The molecule has 15 heavy (non-hydrogen) atoms. The number of carboxylic acids is 1. The Morgan fingerprint density at radius 2 is 1.33 bits per heavy atom. The number of aliphatic carboxylic acids is 1. The molecule has 0 aliphatic rings. The van der Waals surface area contributed by atoms with Gasteiger partial charge in [0, 0.05) is 5.97 Å². The van der Waals surface area contributed by atoms with Gasteiger partial charge in [-0.1, -0.05) is 32.6 Å². The van der Waals surface area contributed by atoms with Gasteiger partial charge in [-0.3, -0.25) is 0 Å². The van der Waals surface area contributed by atoms with Crippen molar-refractivity contribution >= 4 is 5.97 Å². The van der Waals surface area contributed by atoms with Crippen molar-refractivity contribution in [2.24, 2.45) is 0 Å².